The molecule has 0 amide bonds. The third-order valence-electron chi connectivity index (χ3n) is 3.99. The van der Waals surface area contributed by atoms with Gasteiger partial charge in [0.25, 0.3) is 5.82 Å². The summed E-state index contributed by atoms with van der Waals surface area (Å²) in [7, 11) is 0. The minimum Gasteiger partial charge on any atom is -0.370 e. The molecule has 0 saturated carbocycles. The van der Waals surface area contributed by atoms with Crippen molar-refractivity contribution in [1.29, 1.82) is 5.41 Å². The number of nitrogens with zero attached hydrogens (tertiary/aromatic N) is 2. The smallest absolute Gasteiger partial charge is 0.254 e. The Hall–Kier alpha value is -2.04. The van der Waals surface area contributed by atoms with E-state index in [0.717, 1.165) is 32.5 Å². The average Bonchev–Trinajstić information content (AvgIpc) is 2.73. The maximum absolute atomic E-state index is 7.15. The van der Waals surface area contributed by atoms with E-state index >= 15 is 0 Å². The molecular formula is C16H26N5+. The topological polar surface area (TPSA) is 70.7 Å². The Labute approximate surface area is 126 Å². The molecule has 1 aromatic heterocycles. The van der Waals surface area contributed by atoms with Crippen molar-refractivity contribution in [3.63, 3.8) is 0 Å². The fourth-order valence-corrected chi connectivity index (χ4v) is 2.98. The monoisotopic (exact) mass is 288 g/mol. The molecule has 0 bridgehead atoms. The molecule has 2 aromatic rings. The number of hydrogen-bond donors (Lipinski definition) is 3. The molecule has 0 aliphatic carbocycles. The second-order valence-electron chi connectivity index (χ2n) is 5.30. The van der Waals surface area contributed by atoms with Gasteiger partial charge in [0.2, 0.25) is 0 Å². The Morgan fingerprint density at radius 1 is 1.38 bits per heavy atom. The van der Waals surface area contributed by atoms with Crippen molar-refractivity contribution in [2.24, 2.45) is 5.73 Å². The van der Waals surface area contributed by atoms with Crippen LogP contribution in [-0.2, 0) is 19.5 Å². The summed E-state index contributed by atoms with van der Waals surface area (Å²) >= 11 is 0. The van der Waals surface area contributed by atoms with E-state index < -0.39 is 0 Å². The predicted octanol–water partition coefficient (Wildman–Crippen LogP) is 1.69. The number of nitrogens with one attached hydrogen (secondary N) is 2. The summed E-state index contributed by atoms with van der Waals surface area (Å²) in [5.41, 5.74) is 9.24. The van der Waals surface area contributed by atoms with Crippen LogP contribution in [0.2, 0.25) is 0 Å². The minimum absolute atomic E-state index is 0.0462. The number of imidazole rings is 1. The third kappa shape index (κ3) is 3.17. The summed E-state index contributed by atoms with van der Waals surface area (Å²) in [5.74, 6) is 1.36. The summed E-state index contributed by atoms with van der Waals surface area (Å²) in [6, 6.07) is 6.74. The van der Waals surface area contributed by atoms with E-state index in [1.807, 2.05) is 0 Å². The van der Waals surface area contributed by atoms with Crippen LogP contribution >= 0.6 is 0 Å². The highest BCUT2D eigenvalue weighted by Crippen LogP contribution is 2.17. The van der Waals surface area contributed by atoms with Crippen LogP contribution in [0.25, 0.3) is 11.0 Å². The van der Waals surface area contributed by atoms with Crippen molar-refractivity contribution in [3.8, 4) is 0 Å². The van der Waals surface area contributed by atoms with Gasteiger partial charge < -0.3 is 11.1 Å². The van der Waals surface area contributed by atoms with E-state index in [4.69, 9.17) is 11.1 Å². The van der Waals surface area contributed by atoms with Crippen molar-refractivity contribution in [2.75, 3.05) is 6.54 Å². The lowest BCUT2D eigenvalue weighted by Crippen LogP contribution is -2.35. The molecule has 0 saturated heterocycles. The predicted molar refractivity (Wildman–Crippen MR) is 86.5 cm³/mol. The van der Waals surface area contributed by atoms with Gasteiger partial charge in [-0.2, -0.15) is 0 Å². The Morgan fingerprint density at radius 3 is 2.76 bits per heavy atom. The fraction of sp³-hybridized carbons (Fsp3) is 0.500. The number of rotatable bonds is 6. The maximum Gasteiger partial charge on any atom is 0.254 e. The zero-order valence-electron chi connectivity index (χ0n) is 13.2. The van der Waals surface area contributed by atoms with E-state index in [1.165, 1.54) is 22.4 Å². The van der Waals surface area contributed by atoms with E-state index in [-0.39, 0.29) is 5.96 Å². The van der Waals surface area contributed by atoms with Gasteiger partial charge in [-0.15, -0.1) is 0 Å². The molecule has 21 heavy (non-hydrogen) atoms. The van der Waals surface area contributed by atoms with Crippen LogP contribution in [0.3, 0.4) is 0 Å². The molecule has 5 heteroatoms. The lowest BCUT2D eigenvalue weighted by atomic mass is 10.1. The van der Waals surface area contributed by atoms with E-state index in [2.05, 4.69) is 53.4 Å². The first-order valence-corrected chi connectivity index (χ1v) is 7.67. The number of aromatic nitrogens is 2. The molecule has 1 heterocycles. The molecule has 0 fully saturated rings. The highest BCUT2D eigenvalue weighted by atomic mass is 15.2. The first kappa shape index (κ1) is 15.4. The first-order valence-electron chi connectivity index (χ1n) is 7.67. The molecule has 2 rings (SSSR count). The highest BCUT2D eigenvalue weighted by molar-refractivity contribution is 5.74. The Morgan fingerprint density at radius 2 is 2.14 bits per heavy atom. The van der Waals surface area contributed by atoms with Gasteiger partial charge in [0.1, 0.15) is 0 Å². The quantitative estimate of drug-likeness (QED) is 0.328. The molecule has 0 spiro atoms. The standard InChI is InChI=1S/C16H26N5/c1-4-20-12(3)21(5-2)15-11-13(8-9-14(15)20)7-6-10-19-16(17)18/h8-9,11H,4-7,10H2,1-3H3,(H4,17,18,19)/q+1. The van der Waals surface area contributed by atoms with Crippen LogP contribution in [0.15, 0.2) is 18.2 Å². The maximum atomic E-state index is 7.15. The molecule has 0 aliphatic heterocycles. The Balaban J connectivity index is 2.22. The number of aryl methyl sites for hydroxylation is 3. The van der Waals surface area contributed by atoms with Crippen LogP contribution in [0.5, 0.6) is 0 Å². The number of benzene rings is 1. The summed E-state index contributed by atoms with van der Waals surface area (Å²) in [6.07, 6.45) is 1.97. The highest BCUT2D eigenvalue weighted by Gasteiger charge is 2.19. The molecule has 114 valence electrons. The van der Waals surface area contributed by atoms with Gasteiger partial charge >= 0.3 is 0 Å². The van der Waals surface area contributed by atoms with Crippen molar-refractivity contribution in [2.45, 2.75) is 46.7 Å². The molecule has 0 aliphatic rings. The van der Waals surface area contributed by atoms with Crippen molar-refractivity contribution >= 4 is 17.0 Å². The first-order chi connectivity index (χ1) is 10.1. The van der Waals surface area contributed by atoms with Gasteiger partial charge in [0.05, 0.1) is 13.1 Å². The van der Waals surface area contributed by atoms with E-state index in [1.54, 1.807) is 0 Å². The van der Waals surface area contributed by atoms with Crippen LogP contribution in [0.4, 0.5) is 0 Å². The SMILES string of the molecule is CCn1c(C)[n+](CC)c2ccc(CCCNC(=N)N)cc21. The van der Waals surface area contributed by atoms with Gasteiger partial charge in [-0.05, 0) is 44.4 Å². The number of hydrogen-bond acceptors (Lipinski definition) is 1. The van der Waals surface area contributed by atoms with Crippen LogP contribution in [-0.4, -0.2) is 17.1 Å². The summed E-state index contributed by atoms with van der Waals surface area (Å²) in [5, 5.41) is 10.00. The van der Waals surface area contributed by atoms with Crippen molar-refractivity contribution in [3.05, 3.63) is 29.6 Å². The second kappa shape index (κ2) is 6.61. The largest absolute Gasteiger partial charge is 0.370 e. The number of nitrogens with two attached hydrogens (primary N) is 1. The molecule has 0 radical (unpaired) electrons. The van der Waals surface area contributed by atoms with Crippen LogP contribution in [0.1, 0.15) is 31.7 Å². The molecule has 0 atom stereocenters. The molecule has 4 N–H and O–H groups in total. The Bertz CT molecular complexity index is 642. The van der Waals surface area contributed by atoms with Crippen molar-refractivity contribution < 1.29 is 4.57 Å². The summed E-state index contributed by atoms with van der Waals surface area (Å²) in [6.45, 7) is 9.30. The van der Waals surface area contributed by atoms with Crippen LogP contribution in [0, 0.1) is 12.3 Å². The van der Waals surface area contributed by atoms with Gasteiger partial charge in [-0.1, -0.05) is 6.07 Å². The van der Waals surface area contributed by atoms with Gasteiger partial charge in [0, 0.05) is 13.5 Å². The zero-order chi connectivity index (χ0) is 15.4. The van der Waals surface area contributed by atoms with Crippen molar-refractivity contribution in [1.82, 2.24) is 9.88 Å². The van der Waals surface area contributed by atoms with Gasteiger partial charge in [-0.25, -0.2) is 9.13 Å². The van der Waals surface area contributed by atoms with E-state index in [9.17, 15) is 0 Å². The number of guanidine groups is 1. The Kier molecular flexibility index (Phi) is 4.83. The lowest BCUT2D eigenvalue weighted by molar-refractivity contribution is -0.674. The molecular weight excluding hydrogens is 262 g/mol. The third-order valence-corrected chi connectivity index (χ3v) is 3.99. The zero-order valence-corrected chi connectivity index (χ0v) is 13.2. The number of fused-ring (bicyclic) bond motifs is 1. The van der Waals surface area contributed by atoms with Gasteiger partial charge in [-0.3, -0.25) is 5.41 Å². The van der Waals surface area contributed by atoms with E-state index in [0.29, 0.717) is 0 Å². The minimum atomic E-state index is 0.0462. The molecule has 5 nitrogen and oxygen atoms in total. The summed E-state index contributed by atoms with van der Waals surface area (Å²) < 4.78 is 4.73. The molecule has 1 aromatic carbocycles. The molecule has 0 unspecified atom stereocenters. The normalized spacial score (nSPS) is 11.0. The van der Waals surface area contributed by atoms with Crippen LogP contribution < -0.4 is 15.6 Å². The second-order valence-corrected chi connectivity index (χ2v) is 5.30. The van der Waals surface area contributed by atoms with Gasteiger partial charge in [0.15, 0.2) is 17.0 Å². The lowest BCUT2D eigenvalue weighted by Gasteiger charge is -2.04. The average molecular weight is 288 g/mol. The fourth-order valence-electron chi connectivity index (χ4n) is 2.98. The summed E-state index contributed by atoms with van der Waals surface area (Å²) in [4.78, 5) is 0.